The third-order valence-corrected chi connectivity index (χ3v) is 3.25. The Morgan fingerprint density at radius 1 is 1.25 bits per heavy atom. The molecule has 3 nitrogen and oxygen atoms in total. The van der Waals surface area contributed by atoms with Gasteiger partial charge in [-0.05, 0) is 56.2 Å². The van der Waals surface area contributed by atoms with Crippen molar-refractivity contribution >= 4 is 28.1 Å². The van der Waals surface area contributed by atoms with Gasteiger partial charge in [0.1, 0.15) is 5.82 Å². The van der Waals surface area contributed by atoms with E-state index in [1.165, 1.54) is 11.1 Å². The number of rotatable bonds is 1. The lowest BCUT2D eigenvalue weighted by atomic mass is 10.1. The van der Waals surface area contributed by atoms with Gasteiger partial charge in [-0.1, -0.05) is 15.9 Å². The van der Waals surface area contributed by atoms with Crippen molar-refractivity contribution in [3.8, 4) is 5.69 Å². The molecular weight excluding hydrogens is 286 g/mol. The minimum Gasteiger partial charge on any atom is -0.272 e. The highest BCUT2D eigenvalue weighted by Crippen LogP contribution is 2.24. The van der Waals surface area contributed by atoms with Gasteiger partial charge in [-0.2, -0.15) is 5.10 Å². The fourth-order valence-corrected chi connectivity index (χ4v) is 2.85. The van der Waals surface area contributed by atoms with Gasteiger partial charge < -0.3 is 0 Å². The molecule has 1 aromatic carbocycles. The molecule has 5 heteroatoms. The predicted molar refractivity (Wildman–Crippen MR) is 70.7 cm³/mol. The van der Waals surface area contributed by atoms with Gasteiger partial charge in [0.25, 0.3) is 0 Å². The molecule has 0 bridgehead atoms. The van der Waals surface area contributed by atoms with Gasteiger partial charge in [-0.3, -0.25) is 9.67 Å². The van der Waals surface area contributed by atoms with Crippen molar-refractivity contribution in [2.45, 2.75) is 20.8 Å². The van der Waals surface area contributed by atoms with Gasteiger partial charge in [-0.15, -0.1) is 0 Å². The summed E-state index contributed by atoms with van der Waals surface area (Å²) in [7, 11) is 0. The average molecular weight is 298 g/mol. The second-order valence-electron chi connectivity index (χ2n) is 3.80. The normalized spacial score (nSPS) is 10.8. The molecule has 2 aromatic rings. The van der Waals surface area contributed by atoms with Crippen molar-refractivity contribution in [2.24, 2.45) is 0 Å². The molecule has 0 atom stereocenters. The summed E-state index contributed by atoms with van der Waals surface area (Å²) in [5.41, 5.74) is 3.46. The first kappa shape index (κ1) is 11.5. The van der Waals surface area contributed by atoms with E-state index in [2.05, 4.69) is 52.1 Å². The first-order chi connectivity index (χ1) is 7.50. The average Bonchev–Trinajstić information content (AvgIpc) is 2.47. The number of hydrogen-bond donors (Lipinski definition) is 1. The van der Waals surface area contributed by atoms with Crippen molar-refractivity contribution in [1.29, 1.82) is 0 Å². The van der Waals surface area contributed by atoms with Crippen molar-refractivity contribution in [2.75, 3.05) is 0 Å². The van der Waals surface area contributed by atoms with E-state index in [1.54, 1.807) is 0 Å². The molecule has 84 valence electrons. The number of aromatic nitrogens is 3. The summed E-state index contributed by atoms with van der Waals surface area (Å²) < 4.78 is 3.68. The number of benzene rings is 1. The van der Waals surface area contributed by atoms with E-state index in [4.69, 9.17) is 12.2 Å². The van der Waals surface area contributed by atoms with Crippen LogP contribution >= 0.6 is 28.1 Å². The highest BCUT2D eigenvalue weighted by Gasteiger charge is 2.10. The van der Waals surface area contributed by atoms with Crippen LogP contribution < -0.4 is 0 Å². The number of nitrogens with zero attached hydrogens (tertiary/aromatic N) is 2. The number of nitrogens with one attached hydrogen (secondary N) is 1. The van der Waals surface area contributed by atoms with Crippen molar-refractivity contribution in [3.05, 3.63) is 38.3 Å². The van der Waals surface area contributed by atoms with Crippen molar-refractivity contribution in [1.82, 2.24) is 14.8 Å². The van der Waals surface area contributed by atoms with Crippen molar-refractivity contribution < 1.29 is 0 Å². The Balaban J connectivity index is 2.79. The van der Waals surface area contributed by atoms with Crippen LogP contribution in [-0.4, -0.2) is 14.8 Å². The van der Waals surface area contributed by atoms with Crippen LogP contribution in [0.5, 0.6) is 0 Å². The zero-order chi connectivity index (χ0) is 11.9. The number of aryl methyl sites for hydroxylation is 3. The third kappa shape index (κ3) is 1.85. The van der Waals surface area contributed by atoms with E-state index in [0.29, 0.717) is 4.77 Å². The molecule has 0 fully saturated rings. The molecule has 1 aromatic heterocycles. The molecule has 1 N–H and O–H groups in total. The minimum absolute atomic E-state index is 0.631. The largest absolute Gasteiger partial charge is 0.272 e. The molecule has 0 aliphatic heterocycles. The molecule has 1 heterocycles. The van der Waals surface area contributed by atoms with Crippen LogP contribution in [0.4, 0.5) is 0 Å². The zero-order valence-electron chi connectivity index (χ0n) is 9.34. The van der Waals surface area contributed by atoms with E-state index in [-0.39, 0.29) is 0 Å². The standard InChI is InChI=1S/C11H12BrN3S/c1-6-4-9(12)5-7(2)10(6)15-8(3)13-14-11(15)16/h4-5H,1-3H3,(H,14,16). The van der Waals surface area contributed by atoms with Crippen LogP contribution in [-0.2, 0) is 0 Å². The van der Waals surface area contributed by atoms with Crippen LogP contribution in [0, 0.1) is 25.5 Å². The monoisotopic (exact) mass is 297 g/mol. The summed E-state index contributed by atoms with van der Waals surface area (Å²) in [6.45, 7) is 6.08. The lowest BCUT2D eigenvalue weighted by Gasteiger charge is -2.12. The summed E-state index contributed by atoms with van der Waals surface area (Å²) in [5, 5.41) is 6.94. The maximum absolute atomic E-state index is 5.24. The molecule has 0 radical (unpaired) electrons. The summed E-state index contributed by atoms with van der Waals surface area (Å²) >= 11 is 8.73. The first-order valence-electron chi connectivity index (χ1n) is 4.92. The number of aromatic amines is 1. The van der Waals surface area contributed by atoms with Gasteiger partial charge in [0.2, 0.25) is 0 Å². The van der Waals surface area contributed by atoms with Gasteiger partial charge in [0, 0.05) is 4.47 Å². The summed E-state index contributed by atoms with van der Waals surface area (Å²) in [6.07, 6.45) is 0. The molecule has 16 heavy (non-hydrogen) atoms. The minimum atomic E-state index is 0.631. The molecule has 0 spiro atoms. The van der Waals surface area contributed by atoms with E-state index < -0.39 is 0 Å². The highest BCUT2D eigenvalue weighted by molar-refractivity contribution is 9.10. The lowest BCUT2D eigenvalue weighted by molar-refractivity contribution is 0.943. The number of H-pyrrole nitrogens is 1. The molecule has 0 unspecified atom stereocenters. The molecule has 2 rings (SSSR count). The maximum atomic E-state index is 5.24. The Bertz CT molecular complexity index is 575. The van der Waals surface area contributed by atoms with Gasteiger partial charge in [0.15, 0.2) is 4.77 Å². The summed E-state index contributed by atoms with van der Waals surface area (Å²) in [6, 6.07) is 4.16. The SMILES string of the molecule is Cc1cc(Br)cc(C)c1-n1c(C)n[nH]c1=S. The molecule has 0 saturated carbocycles. The zero-order valence-corrected chi connectivity index (χ0v) is 11.7. The van der Waals surface area contributed by atoms with Gasteiger partial charge >= 0.3 is 0 Å². The Kier molecular flexibility index (Phi) is 2.99. The van der Waals surface area contributed by atoms with E-state index >= 15 is 0 Å². The van der Waals surface area contributed by atoms with Crippen LogP contribution in [0.15, 0.2) is 16.6 Å². The first-order valence-corrected chi connectivity index (χ1v) is 6.12. The second kappa shape index (κ2) is 4.14. The van der Waals surface area contributed by atoms with Crippen LogP contribution in [0.1, 0.15) is 17.0 Å². The highest BCUT2D eigenvalue weighted by atomic mass is 79.9. The molecule has 0 aliphatic carbocycles. The van der Waals surface area contributed by atoms with E-state index in [9.17, 15) is 0 Å². The third-order valence-electron chi connectivity index (χ3n) is 2.52. The Hall–Kier alpha value is -0.940. The smallest absolute Gasteiger partial charge is 0.199 e. The summed E-state index contributed by atoms with van der Waals surface area (Å²) in [4.78, 5) is 0. The molecule has 0 aliphatic rings. The Morgan fingerprint density at radius 3 is 2.25 bits per heavy atom. The van der Waals surface area contributed by atoms with Crippen LogP contribution in [0.25, 0.3) is 5.69 Å². The van der Waals surface area contributed by atoms with Gasteiger partial charge in [-0.25, -0.2) is 0 Å². The molecule has 0 amide bonds. The van der Waals surface area contributed by atoms with Gasteiger partial charge in [0.05, 0.1) is 5.69 Å². The van der Waals surface area contributed by atoms with Crippen molar-refractivity contribution in [3.63, 3.8) is 0 Å². The molecule has 0 saturated heterocycles. The number of hydrogen-bond acceptors (Lipinski definition) is 2. The second-order valence-corrected chi connectivity index (χ2v) is 5.10. The maximum Gasteiger partial charge on any atom is 0.199 e. The summed E-state index contributed by atoms with van der Waals surface area (Å²) in [5.74, 6) is 0.874. The topological polar surface area (TPSA) is 33.6 Å². The lowest BCUT2D eigenvalue weighted by Crippen LogP contribution is -2.02. The van der Waals surface area contributed by atoms with E-state index in [1.807, 2.05) is 11.5 Å². The quantitative estimate of drug-likeness (QED) is 0.816. The van der Waals surface area contributed by atoms with E-state index in [0.717, 1.165) is 16.0 Å². The Labute approximate surface area is 108 Å². The van der Waals surface area contributed by atoms with Crippen LogP contribution in [0.2, 0.25) is 0 Å². The number of halogens is 1. The Morgan fingerprint density at radius 2 is 1.81 bits per heavy atom. The fraction of sp³-hybridized carbons (Fsp3) is 0.273. The fourth-order valence-electron chi connectivity index (χ4n) is 1.89. The van der Waals surface area contributed by atoms with Crippen LogP contribution in [0.3, 0.4) is 0 Å². The molecular formula is C11H12BrN3S. The predicted octanol–water partition coefficient (Wildman–Crippen LogP) is 3.62.